The first-order valence-electron chi connectivity index (χ1n) is 11.8. The maximum Gasteiger partial charge on any atom is 0.0602 e. The summed E-state index contributed by atoms with van der Waals surface area (Å²) in [6, 6.07) is 0. The van der Waals surface area contributed by atoms with E-state index in [1.807, 2.05) is 0 Å². The first-order chi connectivity index (χ1) is 13.6. The van der Waals surface area contributed by atoms with Gasteiger partial charge in [0.05, 0.1) is 18.3 Å². The Kier molecular flexibility index (Phi) is 5.57. The van der Waals surface area contributed by atoms with Crippen molar-refractivity contribution in [3.8, 4) is 0 Å². The Hall–Kier alpha value is -0.650. The molecule has 0 saturated heterocycles. The van der Waals surface area contributed by atoms with Crippen LogP contribution in [-0.4, -0.2) is 39.6 Å². The number of carboxylic acids is 1. The van der Waals surface area contributed by atoms with Gasteiger partial charge in [-0.05, 0) is 104 Å². The SMILES string of the molecule is C[C@H](CCC(=O)[O-])[C@H]1CC[C@H]2[C@@H]3[C@H](O)C[C@@H]4C[C@H](O)CC[C@]4(C)[C@H]3C[C@@H](O)[C@]12C. The molecule has 5 nitrogen and oxygen atoms in total. The summed E-state index contributed by atoms with van der Waals surface area (Å²) in [4.78, 5) is 11.0. The fourth-order valence-corrected chi connectivity index (χ4v) is 8.68. The number of carbonyl (C=O) groups is 1. The number of hydrogen-bond acceptors (Lipinski definition) is 5. The molecule has 0 aromatic heterocycles. The van der Waals surface area contributed by atoms with Crippen molar-refractivity contribution >= 4 is 5.97 Å². The molecule has 4 aliphatic rings. The predicted molar refractivity (Wildman–Crippen MR) is 107 cm³/mol. The lowest BCUT2D eigenvalue weighted by Crippen LogP contribution is -2.62. The van der Waals surface area contributed by atoms with Crippen molar-refractivity contribution in [1.29, 1.82) is 0 Å². The van der Waals surface area contributed by atoms with E-state index in [0.717, 1.165) is 44.9 Å². The highest BCUT2D eigenvalue weighted by Gasteiger charge is 2.65. The molecule has 0 unspecified atom stereocenters. The Morgan fingerprint density at radius 2 is 1.79 bits per heavy atom. The molecule has 0 spiro atoms. The van der Waals surface area contributed by atoms with Crippen LogP contribution in [0.3, 0.4) is 0 Å². The van der Waals surface area contributed by atoms with Crippen molar-refractivity contribution < 1.29 is 25.2 Å². The first-order valence-corrected chi connectivity index (χ1v) is 11.8. The molecule has 4 rings (SSSR count). The number of carbonyl (C=O) groups excluding carboxylic acids is 1. The van der Waals surface area contributed by atoms with Gasteiger partial charge in [0.15, 0.2) is 0 Å². The van der Waals surface area contributed by atoms with E-state index in [1.165, 1.54) is 0 Å². The molecule has 0 bridgehead atoms. The second-order valence-electron chi connectivity index (χ2n) is 11.4. The fraction of sp³-hybridized carbons (Fsp3) is 0.958. The van der Waals surface area contributed by atoms with Gasteiger partial charge in [-0.15, -0.1) is 0 Å². The molecule has 4 aliphatic carbocycles. The minimum atomic E-state index is -0.998. The number of carboxylic acid groups (broad SMARTS) is 1. The normalized spacial score (nSPS) is 52.9. The monoisotopic (exact) mass is 407 g/mol. The summed E-state index contributed by atoms with van der Waals surface area (Å²) in [5.41, 5.74) is -0.172. The van der Waals surface area contributed by atoms with Gasteiger partial charge < -0.3 is 25.2 Å². The Labute approximate surface area is 174 Å². The molecular weight excluding hydrogens is 368 g/mol. The molecule has 0 aliphatic heterocycles. The van der Waals surface area contributed by atoms with Crippen LogP contribution in [0.2, 0.25) is 0 Å². The minimum Gasteiger partial charge on any atom is -0.550 e. The number of aliphatic carboxylic acids is 1. The summed E-state index contributed by atoms with van der Waals surface area (Å²) >= 11 is 0. The molecular formula is C24H39O5-. The van der Waals surface area contributed by atoms with E-state index in [1.54, 1.807) is 0 Å². The predicted octanol–water partition coefficient (Wildman–Crippen LogP) is 2.11. The fourth-order valence-electron chi connectivity index (χ4n) is 8.68. The molecule has 11 atom stereocenters. The van der Waals surface area contributed by atoms with Gasteiger partial charge >= 0.3 is 0 Å². The van der Waals surface area contributed by atoms with E-state index in [9.17, 15) is 25.2 Å². The lowest BCUT2D eigenvalue weighted by atomic mass is 9.43. The summed E-state index contributed by atoms with van der Waals surface area (Å²) in [7, 11) is 0. The molecule has 0 heterocycles. The summed E-state index contributed by atoms with van der Waals surface area (Å²) in [5.74, 6) is 0.635. The Balaban J connectivity index is 1.61. The lowest BCUT2D eigenvalue weighted by molar-refractivity contribution is -0.306. The maximum absolute atomic E-state index is 11.5. The summed E-state index contributed by atoms with van der Waals surface area (Å²) in [6.45, 7) is 6.67. The standard InChI is InChI=1S/C24H40O5/c1-13(4-7-21(28)29)16-5-6-17-22-18(12-20(27)24(16,17)3)23(2)9-8-15(25)10-14(23)11-19(22)26/h13-20,22,25-27H,4-12H2,1-3H3,(H,28,29)/p-1/t13-,14+,15-,16-,17+,18+,19-,20-,22+,23+,24-/m1/s1. The van der Waals surface area contributed by atoms with Crippen molar-refractivity contribution in [3.63, 3.8) is 0 Å². The molecule has 0 radical (unpaired) electrons. The van der Waals surface area contributed by atoms with Crippen molar-refractivity contribution in [2.45, 2.75) is 96.9 Å². The highest BCUT2D eigenvalue weighted by molar-refractivity contribution is 5.64. The van der Waals surface area contributed by atoms with Crippen molar-refractivity contribution in [3.05, 3.63) is 0 Å². The maximum atomic E-state index is 11.5. The van der Waals surface area contributed by atoms with Crippen LogP contribution < -0.4 is 5.11 Å². The Morgan fingerprint density at radius 3 is 2.48 bits per heavy atom. The van der Waals surface area contributed by atoms with Crippen LogP contribution in [0.25, 0.3) is 0 Å². The third-order valence-corrected chi connectivity index (χ3v) is 10.3. The third kappa shape index (κ3) is 3.27. The third-order valence-electron chi connectivity index (χ3n) is 10.3. The number of rotatable bonds is 4. The number of hydrogen-bond donors (Lipinski definition) is 3. The van der Waals surface area contributed by atoms with E-state index in [-0.39, 0.29) is 53.1 Å². The van der Waals surface area contributed by atoms with Gasteiger partial charge in [0.25, 0.3) is 0 Å². The molecule has 0 amide bonds. The van der Waals surface area contributed by atoms with Gasteiger partial charge in [-0.2, -0.15) is 0 Å². The highest BCUT2D eigenvalue weighted by Crippen LogP contribution is 2.68. The molecule has 0 aromatic rings. The van der Waals surface area contributed by atoms with Gasteiger partial charge in [0, 0.05) is 5.97 Å². The van der Waals surface area contributed by atoms with E-state index in [2.05, 4.69) is 20.8 Å². The van der Waals surface area contributed by atoms with Gasteiger partial charge in [0.2, 0.25) is 0 Å². The summed E-state index contributed by atoms with van der Waals surface area (Å²) < 4.78 is 0. The van der Waals surface area contributed by atoms with Gasteiger partial charge in [-0.25, -0.2) is 0 Å². The zero-order valence-corrected chi connectivity index (χ0v) is 18.2. The van der Waals surface area contributed by atoms with Crippen LogP contribution in [0, 0.1) is 46.3 Å². The summed E-state index contributed by atoms with van der Waals surface area (Å²) in [5, 5.41) is 43.9. The molecule has 4 fully saturated rings. The smallest absolute Gasteiger partial charge is 0.0602 e. The van der Waals surface area contributed by atoms with Crippen molar-refractivity contribution in [2.24, 2.45) is 46.3 Å². The zero-order valence-electron chi connectivity index (χ0n) is 18.2. The summed E-state index contributed by atoms with van der Waals surface area (Å²) in [6.07, 6.45) is 5.72. The van der Waals surface area contributed by atoms with E-state index < -0.39 is 12.1 Å². The first kappa shape index (κ1) is 21.6. The number of fused-ring (bicyclic) bond motifs is 5. The quantitative estimate of drug-likeness (QED) is 0.663. The van der Waals surface area contributed by atoms with Crippen LogP contribution in [0.1, 0.15) is 78.6 Å². The van der Waals surface area contributed by atoms with E-state index in [0.29, 0.717) is 18.3 Å². The Morgan fingerprint density at radius 1 is 1.07 bits per heavy atom. The number of aliphatic hydroxyl groups is 3. The van der Waals surface area contributed by atoms with Crippen LogP contribution >= 0.6 is 0 Å². The molecule has 0 aromatic carbocycles. The van der Waals surface area contributed by atoms with Gasteiger partial charge in [-0.1, -0.05) is 20.8 Å². The zero-order chi connectivity index (χ0) is 21.1. The molecule has 3 N–H and O–H groups in total. The largest absolute Gasteiger partial charge is 0.550 e. The average molecular weight is 408 g/mol. The molecule has 29 heavy (non-hydrogen) atoms. The van der Waals surface area contributed by atoms with Gasteiger partial charge in [0.1, 0.15) is 0 Å². The van der Waals surface area contributed by atoms with Gasteiger partial charge in [-0.3, -0.25) is 0 Å². The van der Waals surface area contributed by atoms with E-state index >= 15 is 0 Å². The van der Waals surface area contributed by atoms with Crippen LogP contribution in [0.5, 0.6) is 0 Å². The molecule has 166 valence electrons. The second-order valence-corrected chi connectivity index (χ2v) is 11.4. The van der Waals surface area contributed by atoms with Crippen LogP contribution in [0.15, 0.2) is 0 Å². The van der Waals surface area contributed by atoms with Crippen LogP contribution in [0.4, 0.5) is 0 Å². The average Bonchev–Trinajstić information content (AvgIpc) is 3.01. The topological polar surface area (TPSA) is 101 Å². The number of aliphatic hydroxyl groups excluding tert-OH is 3. The highest BCUT2D eigenvalue weighted by atomic mass is 16.4. The van der Waals surface area contributed by atoms with Crippen LogP contribution in [-0.2, 0) is 4.79 Å². The molecule has 5 heteroatoms. The Bertz CT molecular complexity index is 637. The minimum absolute atomic E-state index is 0.0747. The van der Waals surface area contributed by atoms with Crippen molar-refractivity contribution in [2.75, 3.05) is 0 Å². The second kappa shape index (κ2) is 7.49. The lowest BCUT2D eigenvalue weighted by Gasteiger charge is -2.63. The molecule has 4 saturated carbocycles. The van der Waals surface area contributed by atoms with Crippen molar-refractivity contribution in [1.82, 2.24) is 0 Å². The van der Waals surface area contributed by atoms with E-state index in [4.69, 9.17) is 0 Å².